The molecule has 0 radical (unpaired) electrons. The van der Waals surface area contributed by atoms with Gasteiger partial charge in [0.05, 0.1) is 76.6 Å². The fraction of sp³-hybridized carbons (Fsp3) is 0.295. The molecule has 4 aromatic rings. The van der Waals surface area contributed by atoms with Crippen LogP contribution in [-0.2, 0) is 78.0 Å². The molecule has 4 aromatic carbocycles. The smallest absolute Gasteiger partial charge is 0.338 e. The first-order valence-electron chi connectivity index (χ1n) is 18.4. The highest BCUT2D eigenvalue weighted by atomic mass is 16.6. The first-order chi connectivity index (χ1) is 28.9. The van der Waals surface area contributed by atoms with Gasteiger partial charge in [0.2, 0.25) is 0 Å². The molecule has 0 saturated heterocycles. The maximum Gasteiger partial charge on any atom is 0.338 e. The molecule has 0 heterocycles. The Bertz CT molecular complexity index is 2160. The number of hydrogen-bond donors (Lipinski definition) is 1. The van der Waals surface area contributed by atoms with Crippen LogP contribution in [0.2, 0.25) is 0 Å². The Labute approximate surface area is 345 Å². The van der Waals surface area contributed by atoms with Crippen molar-refractivity contribution in [3.05, 3.63) is 142 Å². The Morgan fingerprint density at radius 2 is 0.767 bits per heavy atom. The minimum Gasteiger partial charge on any atom is -0.465 e. The van der Waals surface area contributed by atoms with Crippen LogP contribution >= 0.6 is 0 Å². The molecule has 16 heteroatoms. The average molecular weight is 829 g/mol. The predicted molar refractivity (Wildman–Crippen MR) is 209 cm³/mol. The summed E-state index contributed by atoms with van der Waals surface area (Å²) in [5.74, 6) is -5.55. The number of esters is 7. The van der Waals surface area contributed by atoms with Crippen LogP contribution < -0.4 is 0 Å². The maximum atomic E-state index is 13.6. The van der Waals surface area contributed by atoms with Crippen molar-refractivity contribution in [2.24, 2.45) is 0 Å². The quantitative estimate of drug-likeness (QED) is 0.0762. The number of carbonyl (C=O) groups is 7. The maximum absolute atomic E-state index is 13.6. The predicted octanol–water partition coefficient (Wildman–Crippen LogP) is 3.81. The molecule has 0 fully saturated rings. The van der Waals surface area contributed by atoms with Gasteiger partial charge in [-0.2, -0.15) is 0 Å². The summed E-state index contributed by atoms with van der Waals surface area (Å²) in [5, 5.41) is 11.0. The average Bonchev–Trinajstić information content (AvgIpc) is 3.26. The molecule has 316 valence electrons. The number of methoxy groups -OCH3 is 4. The lowest BCUT2D eigenvalue weighted by Gasteiger charge is -2.28. The Kier molecular flexibility index (Phi) is 17.5. The van der Waals surface area contributed by atoms with Crippen LogP contribution in [0.25, 0.3) is 0 Å². The van der Waals surface area contributed by atoms with Crippen LogP contribution in [-0.4, -0.2) is 107 Å². The van der Waals surface area contributed by atoms with E-state index in [2.05, 4.69) is 0 Å². The van der Waals surface area contributed by atoms with Crippen molar-refractivity contribution >= 4 is 41.8 Å². The van der Waals surface area contributed by atoms with Gasteiger partial charge in [-0.25, -0.2) is 19.2 Å². The van der Waals surface area contributed by atoms with Crippen molar-refractivity contribution in [2.45, 2.75) is 44.2 Å². The summed E-state index contributed by atoms with van der Waals surface area (Å²) in [6.07, 6.45) is -6.45. The van der Waals surface area contributed by atoms with Gasteiger partial charge in [0.1, 0.15) is 6.61 Å². The lowest BCUT2D eigenvalue weighted by atomic mass is 10.0. The van der Waals surface area contributed by atoms with Crippen molar-refractivity contribution in [1.82, 2.24) is 0 Å². The second kappa shape index (κ2) is 22.9. The van der Waals surface area contributed by atoms with Gasteiger partial charge < -0.3 is 43.0 Å². The van der Waals surface area contributed by atoms with E-state index >= 15 is 0 Å². The summed E-state index contributed by atoms with van der Waals surface area (Å²) in [6.45, 7) is -1.39. The molecule has 16 nitrogen and oxygen atoms in total. The second-order valence-corrected chi connectivity index (χ2v) is 12.9. The van der Waals surface area contributed by atoms with Crippen molar-refractivity contribution in [1.29, 1.82) is 0 Å². The molecule has 0 aliphatic heterocycles. The van der Waals surface area contributed by atoms with Crippen molar-refractivity contribution in [3.8, 4) is 0 Å². The van der Waals surface area contributed by atoms with E-state index in [9.17, 15) is 38.7 Å². The van der Waals surface area contributed by atoms with E-state index in [-0.39, 0.29) is 45.4 Å². The molecule has 0 spiro atoms. The lowest BCUT2D eigenvalue weighted by molar-refractivity contribution is -0.189. The third-order valence-corrected chi connectivity index (χ3v) is 8.93. The van der Waals surface area contributed by atoms with Crippen LogP contribution in [0.1, 0.15) is 63.7 Å². The summed E-state index contributed by atoms with van der Waals surface area (Å²) in [7, 11) is 4.75. The molecule has 3 atom stereocenters. The highest BCUT2D eigenvalue weighted by Gasteiger charge is 2.33. The van der Waals surface area contributed by atoms with E-state index in [1.807, 2.05) is 0 Å². The van der Waals surface area contributed by atoms with Gasteiger partial charge in [0, 0.05) is 6.42 Å². The fourth-order valence-electron chi connectivity index (χ4n) is 5.96. The number of aliphatic hydroxyl groups is 1. The highest BCUT2D eigenvalue weighted by Crippen LogP contribution is 2.19. The minimum atomic E-state index is -1.63. The SMILES string of the molecule is COC(=O)c1ccccc1CC(=O)OCC(OC(=O)Cc1ccccc1C(=O)OC)C(COC(O)Cc1ccccc1C(=O)OC)OC(=O)Cc1ccccc1C(=O)OC. The monoisotopic (exact) mass is 828 g/mol. The normalized spacial score (nSPS) is 12.2. The van der Waals surface area contributed by atoms with Gasteiger partial charge in [-0.1, -0.05) is 72.8 Å². The number of hydrogen-bond acceptors (Lipinski definition) is 16. The Balaban J connectivity index is 1.66. The summed E-state index contributed by atoms with van der Waals surface area (Å²) in [6, 6.07) is 24.7. The Morgan fingerprint density at radius 3 is 1.15 bits per heavy atom. The van der Waals surface area contributed by atoms with E-state index in [1.54, 1.807) is 54.6 Å². The third-order valence-electron chi connectivity index (χ3n) is 8.93. The van der Waals surface area contributed by atoms with Gasteiger partial charge in [-0.15, -0.1) is 0 Å². The molecule has 1 N–H and O–H groups in total. The van der Waals surface area contributed by atoms with Gasteiger partial charge >= 0.3 is 41.8 Å². The largest absolute Gasteiger partial charge is 0.465 e. The zero-order valence-electron chi connectivity index (χ0n) is 33.3. The Hall–Kier alpha value is -6.91. The van der Waals surface area contributed by atoms with E-state index in [0.29, 0.717) is 5.56 Å². The van der Waals surface area contributed by atoms with E-state index in [4.69, 9.17) is 37.9 Å². The zero-order chi connectivity index (χ0) is 43.6. The molecule has 4 rings (SSSR count). The summed E-state index contributed by atoms with van der Waals surface area (Å²) < 4.78 is 42.2. The summed E-state index contributed by atoms with van der Waals surface area (Å²) in [5.41, 5.74) is 1.53. The first kappa shape index (κ1) is 45.8. The molecule has 0 aromatic heterocycles. The van der Waals surface area contributed by atoms with Crippen LogP contribution in [0, 0.1) is 0 Å². The van der Waals surface area contributed by atoms with Gasteiger partial charge in [0.15, 0.2) is 18.5 Å². The van der Waals surface area contributed by atoms with Gasteiger partial charge in [-0.3, -0.25) is 14.4 Å². The van der Waals surface area contributed by atoms with Gasteiger partial charge in [0.25, 0.3) is 0 Å². The fourth-order valence-corrected chi connectivity index (χ4v) is 5.96. The molecule has 0 aliphatic carbocycles. The molecule has 0 amide bonds. The summed E-state index contributed by atoms with van der Waals surface area (Å²) in [4.78, 5) is 90.2. The second-order valence-electron chi connectivity index (χ2n) is 12.9. The molecular weight excluding hydrogens is 784 g/mol. The molecule has 0 aliphatic rings. The highest BCUT2D eigenvalue weighted by molar-refractivity contribution is 5.94. The van der Waals surface area contributed by atoms with E-state index in [0.717, 1.165) is 0 Å². The lowest BCUT2D eigenvalue weighted by Crippen LogP contribution is -2.43. The molecular formula is C44H44O16. The number of rotatable bonds is 20. The number of carbonyl (C=O) groups excluding carboxylic acids is 7. The Morgan fingerprint density at radius 1 is 0.450 bits per heavy atom. The molecule has 0 bridgehead atoms. The number of ether oxygens (including phenoxy) is 8. The van der Waals surface area contributed by atoms with E-state index in [1.165, 1.54) is 70.9 Å². The molecule has 60 heavy (non-hydrogen) atoms. The van der Waals surface area contributed by atoms with Crippen LogP contribution in [0.4, 0.5) is 0 Å². The van der Waals surface area contributed by atoms with Crippen molar-refractivity contribution in [3.63, 3.8) is 0 Å². The zero-order valence-corrected chi connectivity index (χ0v) is 33.3. The topological polar surface area (TPSA) is 214 Å². The third kappa shape index (κ3) is 13.1. The first-order valence-corrected chi connectivity index (χ1v) is 18.4. The summed E-state index contributed by atoms with van der Waals surface area (Å²) >= 11 is 0. The van der Waals surface area contributed by atoms with E-state index < -0.39 is 92.8 Å². The molecule has 0 saturated carbocycles. The van der Waals surface area contributed by atoms with Crippen LogP contribution in [0.5, 0.6) is 0 Å². The van der Waals surface area contributed by atoms with Crippen molar-refractivity contribution < 1.29 is 76.6 Å². The van der Waals surface area contributed by atoms with Crippen LogP contribution in [0.3, 0.4) is 0 Å². The number of benzene rings is 4. The standard InChI is InChI=1S/C44H44O16/c1-53-41(49)31-17-9-5-13-27(31)21-37(45)57-25-35(59-39(47)23-29-15-7-11-19-33(29)43(51)55-3)36(60-40(48)24-30-16-8-12-20-34(30)44(52)56-4)26-58-38(46)22-28-14-6-10-18-32(28)42(50)54-2/h5-20,35-37,45H,21-26H2,1-4H3. The molecule has 3 unspecified atom stereocenters. The van der Waals surface area contributed by atoms with Crippen LogP contribution in [0.15, 0.2) is 97.1 Å². The number of aliphatic hydroxyl groups excluding tert-OH is 1. The van der Waals surface area contributed by atoms with Crippen molar-refractivity contribution in [2.75, 3.05) is 41.7 Å². The minimum absolute atomic E-state index is 0.0788. The van der Waals surface area contributed by atoms with Gasteiger partial charge in [-0.05, 0) is 46.5 Å².